The second kappa shape index (κ2) is 7.56. The van der Waals surface area contributed by atoms with E-state index in [1.165, 1.54) is 23.5 Å². The Balaban J connectivity index is 1.52. The fraction of sp³-hybridized carbons (Fsp3) is 0.722. The predicted molar refractivity (Wildman–Crippen MR) is 95.6 cm³/mol. The maximum absolute atomic E-state index is 12.3. The highest BCUT2D eigenvalue weighted by atomic mass is 16.2. The van der Waals surface area contributed by atoms with Crippen LogP contribution < -0.4 is 11.2 Å². The summed E-state index contributed by atoms with van der Waals surface area (Å²) in [7, 11) is 1.98. The molecule has 0 bridgehead atoms. The summed E-state index contributed by atoms with van der Waals surface area (Å²) >= 11 is 0. The zero-order chi connectivity index (χ0) is 18.0. The summed E-state index contributed by atoms with van der Waals surface area (Å²) in [5.74, 6) is 0.627. The normalized spacial score (nSPS) is 21.6. The van der Waals surface area contributed by atoms with E-state index in [1.54, 1.807) is 6.92 Å². The van der Waals surface area contributed by atoms with Crippen LogP contribution in [-0.4, -0.2) is 58.0 Å². The molecule has 1 amide bonds. The summed E-state index contributed by atoms with van der Waals surface area (Å²) in [5, 5.41) is 0. The number of H-pyrrole nitrogens is 1. The van der Waals surface area contributed by atoms with Crippen molar-refractivity contribution in [3.63, 3.8) is 0 Å². The Morgan fingerprint density at radius 2 is 1.96 bits per heavy atom. The van der Waals surface area contributed by atoms with Crippen LogP contribution in [-0.2, 0) is 11.3 Å². The van der Waals surface area contributed by atoms with Crippen LogP contribution >= 0.6 is 0 Å². The van der Waals surface area contributed by atoms with E-state index >= 15 is 0 Å². The minimum Gasteiger partial charge on any atom is -0.339 e. The van der Waals surface area contributed by atoms with E-state index < -0.39 is 0 Å². The van der Waals surface area contributed by atoms with Gasteiger partial charge in [0, 0.05) is 50.4 Å². The Hall–Kier alpha value is -1.89. The molecule has 0 unspecified atom stereocenters. The van der Waals surface area contributed by atoms with Gasteiger partial charge in [-0.05, 0) is 32.7 Å². The van der Waals surface area contributed by atoms with Gasteiger partial charge < -0.3 is 14.8 Å². The van der Waals surface area contributed by atoms with Crippen molar-refractivity contribution in [2.45, 2.75) is 51.6 Å². The van der Waals surface area contributed by atoms with Crippen molar-refractivity contribution in [1.29, 1.82) is 0 Å². The smallest absolute Gasteiger partial charge is 0.328 e. The molecule has 1 N–H and O–H groups in total. The van der Waals surface area contributed by atoms with Gasteiger partial charge in [-0.2, -0.15) is 0 Å². The number of hydrogen-bond donors (Lipinski definition) is 1. The molecule has 1 aliphatic carbocycles. The van der Waals surface area contributed by atoms with Crippen molar-refractivity contribution in [3.8, 4) is 0 Å². The van der Waals surface area contributed by atoms with Gasteiger partial charge in [-0.3, -0.25) is 14.2 Å². The third-order valence-electron chi connectivity index (χ3n) is 5.43. The van der Waals surface area contributed by atoms with Gasteiger partial charge in [0.1, 0.15) is 0 Å². The third kappa shape index (κ3) is 4.21. The first-order valence-corrected chi connectivity index (χ1v) is 9.23. The molecule has 0 aromatic carbocycles. The van der Waals surface area contributed by atoms with Crippen molar-refractivity contribution in [3.05, 3.63) is 32.6 Å². The molecule has 3 rings (SSSR count). The molecule has 7 nitrogen and oxygen atoms in total. The molecule has 0 radical (unpaired) electrons. The summed E-state index contributed by atoms with van der Waals surface area (Å²) in [6.45, 7) is 4.33. The first-order valence-electron chi connectivity index (χ1n) is 9.23. The highest BCUT2D eigenvalue weighted by Gasteiger charge is 2.35. The van der Waals surface area contributed by atoms with Crippen molar-refractivity contribution < 1.29 is 4.79 Å². The lowest BCUT2D eigenvalue weighted by atomic mass is 10.1. The molecule has 2 aliphatic rings. The molecule has 2 heterocycles. The number of likely N-dealkylation sites (tertiary alicyclic amines) is 1. The molecule has 1 aromatic rings. The van der Waals surface area contributed by atoms with E-state index in [0.717, 1.165) is 25.9 Å². The third-order valence-corrected chi connectivity index (χ3v) is 5.43. The van der Waals surface area contributed by atoms with Crippen molar-refractivity contribution in [2.24, 2.45) is 5.92 Å². The average molecular weight is 348 g/mol. The van der Waals surface area contributed by atoms with Gasteiger partial charge in [-0.15, -0.1) is 0 Å². The SMILES string of the molecule is Cc1cc(=O)n(CCN(C)C[C@@H]2CC(=O)N(C3CCCC3)C2)c(=O)[nH]1. The Morgan fingerprint density at radius 1 is 1.24 bits per heavy atom. The molecule has 0 spiro atoms. The average Bonchev–Trinajstić information content (AvgIpc) is 3.15. The van der Waals surface area contributed by atoms with Crippen LogP contribution in [0.25, 0.3) is 0 Å². The second-order valence-electron chi connectivity index (χ2n) is 7.56. The summed E-state index contributed by atoms with van der Waals surface area (Å²) in [4.78, 5) is 42.9. The number of likely N-dealkylation sites (N-methyl/N-ethyl adjacent to an activating group) is 1. The number of rotatable bonds is 6. The van der Waals surface area contributed by atoms with Gasteiger partial charge in [-0.25, -0.2) is 4.79 Å². The fourth-order valence-corrected chi connectivity index (χ4v) is 4.15. The van der Waals surface area contributed by atoms with Crippen molar-refractivity contribution >= 4 is 5.91 Å². The van der Waals surface area contributed by atoms with E-state index in [4.69, 9.17) is 0 Å². The van der Waals surface area contributed by atoms with E-state index in [-0.39, 0.29) is 17.2 Å². The number of hydrogen-bond acceptors (Lipinski definition) is 4. The molecule has 138 valence electrons. The maximum atomic E-state index is 12.3. The number of nitrogens with zero attached hydrogens (tertiary/aromatic N) is 3. The highest BCUT2D eigenvalue weighted by molar-refractivity contribution is 5.79. The number of nitrogens with one attached hydrogen (secondary N) is 1. The fourth-order valence-electron chi connectivity index (χ4n) is 4.15. The van der Waals surface area contributed by atoms with Gasteiger partial charge in [-0.1, -0.05) is 12.8 Å². The first-order chi connectivity index (χ1) is 11.9. The highest BCUT2D eigenvalue weighted by Crippen LogP contribution is 2.29. The quantitative estimate of drug-likeness (QED) is 0.815. The van der Waals surface area contributed by atoms with E-state index in [9.17, 15) is 14.4 Å². The lowest BCUT2D eigenvalue weighted by Crippen LogP contribution is -2.39. The lowest BCUT2D eigenvalue weighted by Gasteiger charge is -2.25. The van der Waals surface area contributed by atoms with Crippen LogP contribution in [0.4, 0.5) is 0 Å². The minimum absolute atomic E-state index is 0.266. The molecule has 25 heavy (non-hydrogen) atoms. The second-order valence-corrected chi connectivity index (χ2v) is 7.56. The number of aromatic nitrogens is 2. The molecule has 1 aliphatic heterocycles. The Labute approximate surface area is 147 Å². The zero-order valence-electron chi connectivity index (χ0n) is 15.2. The largest absolute Gasteiger partial charge is 0.339 e. The van der Waals surface area contributed by atoms with Crippen LogP contribution in [0, 0.1) is 12.8 Å². The van der Waals surface area contributed by atoms with Crippen LogP contribution in [0.15, 0.2) is 15.7 Å². The monoisotopic (exact) mass is 348 g/mol. The predicted octanol–water partition coefficient (Wildman–Crippen LogP) is 0.568. The van der Waals surface area contributed by atoms with Gasteiger partial charge in [0.05, 0.1) is 0 Å². The topological polar surface area (TPSA) is 78.4 Å². The summed E-state index contributed by atoms with van der Waals surface area (Å²) in [6, 6.07) is 1.89. The molecule has 2 fully saturated rings. The van der Waals surface area contributed by atoms with Gasteiger partial charge in [0.25, 0.3) is 5.56 Å². The summed E-state index contributed by atoms with van der Waals surface area (Å²) < 4.78 is 1.23. The van der Waals surface area contributed by atoms with E-state index in [1.807, 2.05) is 7.05 Å². The molecule has 7 heteroatoms. The van der Waals surface area contributed by atoms with Gasteiger partial charge in [0.2, 0.25) is 5.91 Å². The van der Waals surface area contributed by atoms with Crippen LogP contribution in [0.1, 0.15) is 37.8 Å². The Morgan fingerprint density at radius 3 is 2.64 bits per heavy atom. The number of aryl methyl sites for hydroxylation is 1. The number of aromatic amines is 1. The lowest BCUT2D eigenvalue weighted by molar-refractivity contribution is -0.129. The van der Waals surface area contributed by atoms with Crippen LogP contribution in [0.2, 0.25) is 0 Å². The Bertz CT molecular complexity index is 701. The Kier molecular flexibility index (Phi) is 5.42. The molecule has 1 atom stereocenters. The van der Waals surface area contributed by atoms with Crippen LogP contribution in [0.5, 0.6) is 0 Å². The number of carbonyl (C=O) groups excluding carboxylic acids is 1. The molecule has 1 aromatic heterocycles. The van der Waals surface area contributed by atoms with E-state index in [2.05, 4.69) is 14.8 Å². The van der Waals surface area contributed by atoms with Gasteiger partial charge in [0.15, 0.2) is 0 Å². The standard InChI is InChI=1S/C18H28N4O3/c1-13-9-16(23)21(18(25)19-13)8-7-20(2)11-14-10-17(24)22(12-14)15-5-3-4-6-15/h9,14-15H,3-8,10-12H2,1-2H3,(H,19,25)/t14-/m0/s1. The minimum atomic E-state index is -0.359. The number of amides is 1. The van der Waals surface area contributed by atoms with Crippen molar-refractivity contribution in [1.82, 2.24) is 19.4 Å². The van der Waals surface area contributed by atoms with Crippen molar-refractivity contribution in [2.75, 3.05) is 26.7 Å². The van der Waals surface area contributed by atoms with E-state index in [0.29, 0.717) is 37.2 Å². The molecular weight excluding hydrogens is 320 g/mol. The number of carbonyl (C=O) groups is 1. The maximum Gasteiger partial charge on any atom is 0.328 e. The first kappa shape index (κ1) is 17.9. The molecular formula is C18H28N4O3. The summed E-state index contributed by atoms with van der Waals surface area (Å²) in [5.41, 5.74) is -0.0453. The van der Waals surface area contributed by atoms with Gasteiger partial charge >= 0.3 is 5.69 Å². The molecule has 1 saturated heterocycles. The summed E-state index contributed by atoms with van der Waals surface area (Å²) in [6.07, 6.45) is 5.38. The zero-order valence-corrected chi connectivity index (χ0v) is 15.2. The van der Waals surface area contributed by atoms with Crippen LogP contribution in [0.3, 0.4) is 0 Å². The molecule has 1 saturated carbocycles.